The largest absolute Gasteiger partial charge is 0.478 e. The Bertz CT molecular complexity index is 1200. The predicted molar refractivity (Wildman–Crippen MR) is 121 cm³/mol. The molecule has 0 bridgehead atoms. The van der Waals surface area contributed by atoms with Crippen LogP contribution in [0.25, 0.3) is 0 Å². The minimum absolute atomic E-state index is 0.160. The fraction of sp³-hybridized carbons (Fsp3) is 0.280. The lowest BCUT2D eigenvalue weighted by Crippen LogP contribution is -2.28. The molecular weight excluding hydrogens is 467 g/mol. The minimum atomic E-state index is -4.40. The molecule has 1 atom stereocenters. The van der Waals surface area contributed by atoms with Crippen molar-refractivity contribution in [1.82, 2.24) is 5.32 Å². The van der Waals surface area contributed by atoms with Crippen LogP contribution >= 0.6 is 11.3 Å². The molecule has 3 aromatic rings. The molecule has 1 amide bonds. The number of carbonyl (C=O) groups is 2. The maximum Gasteiger partial charge on any atom is 0.416 e. The summed E-state index contributed by atoms with van der Waals surface area (Å²) in [4.78, 5) is 26.2. The molecule has 1 aliphatic rings. The number of halogens is 3. The van der Waals surface area contributed by atoms with Gasteiger partial charge in [-0.2, -0.15) is 13.2 Å². The van der Waals surface area contributed by atoms with Crippen molar-refractivity contribution in [1.29, 1.82) is 0 Å². The molecule has 0 unspecified atom stereocenters. The van der Waals surface area contributed by atoms with E-state index in [1.165, 1.54) is 35.6 Å². The van der Waals surface area contributed by atoms with Crippen LogP contribution in [0.5, 0.6) is 0 Å². The van der Waals surface area contributed by atoms with Crippen LogP contribution in [0.4, 0.5) is 13.2 Å². The first-order valence-electron chi connectivity index (χ1n) is 10.6. The van der Waals surface area contributed by atoms with Crippen molar-refractivity contribution in [2.24, 2.45) is 0 Å². The Hall–Kier alpha value is -3.17. The summed E-state index contributed by atoms with van der Waals surface area (Å²) < 4.78 is 44.2. The van der Waals surface area contributed by atoms with Crippen LogP contribution in [0.2, 0.25) is 0 Å². The predicted octanol–water partition coefficient (Wildman–Crippen LogP) is 5.62. The zero-order valence-electron chi connectivity index (χ0n) is 18.2. The van der Waals surface area contributed by atoms with Crippen LogP contribution in [0, 0.1) is 0 Å². The fourth-order valence-corrected chi connectivity index (χ4v) is 5.26. The summed E-state index contributed by atoms with van der Waals surface area (Å²) in [5.74, 6) is -1.29. The van der Waals surface area contributed by atoms with Gasteiger partial charge in [0.25, 0.3) is 5.91 Å². The number of hydrogen-bond acceptors (Lipinski definition) is 4. The van der Waals surface area contributed by atoms with Crippen LogP contribution in [0.15, 0.2) is 48.5 Å². The van der Waals surface area contributed by atoms with E-state index in [-0.39, 0.29) is 17.5 Å². The standard InChI is InChI=1S/C25H22F3NO4S/c1-14(16-4-6-17(7-5-16)24(31)32)29-23(30)22-19-10-11-33-13-21(19)34-20(22)12-15-2-8-18(9-3-15)25(26,27)28/h2-9,14H,10-13H2,1H3,(H,29,30)(H,31,32)/t14-/m1/s1. The molecule has 34 heavy (non-hydrogen) atoms. The maximum absolute atomic E-state index is 13.3. The summed E-state index contributed by atoms with van der Waals surface area (Å²) in [6.45, 7) is 2.71. The molecule has 4 rings (SSSR count). The van der Waals surface area contributed by atoms with Crippen molar-refractivity contribution in [3.8, 4) is 0 Å². The second kappa shape index (κ2) is 9.60. The van der Waals surface area contributed by atoms with Gasteiger partial charge in [0.2, 0.25) is 0 Å². The molecule has 5 nitrogen and oxygen atoms in total. The zero-order chi connectivity index (χ0) is 24.5. The van der Waals surface area contributed by atoms with Crippen molar-refractivity contribution in [2.75, 3.05) is 6.61 Å². The number of fused-ring (bicyclic) bond motifs is 1. The van der Waals surface area contributed by atoms with Gasteiger partial charge in [-0.3, -0.25) is 4.79 Å². The Morgan fingerprint density at radius 1 is 1.12 bits per heavy atom. The number of amides is 1. The summed E-state index contributed by atoms with van der Waals surface area (Å²) in [6, 6.07) is 10.9. The Morgan fingerprint density at radius 3 is 2.41 bits per heavy atom. The number of carboxylic acids is 1. The molecule has 0 saturated carbocycles. The number of aromatic carboxylic acids is 1. The molecule has 2 N–H and O–H groups in total. The number of benzene rings is 2. The lowest BCUT2D eigenvalue weighted by Gasteiger charge is -2.18. The number of carbonyl (C=O) groups excluding carboxylic acids is 1. The van der Waals surface area contributed by atoms with Gasteiger partial charge in [-0.1, -0.05) is 24.3 Å². The van der Waals surface area contributed by atoms with Crippen molar-refractivity contribution >= 4 is 23.2 Å². The van der Waals surface area contributed by atoms with Crippen molar-refractivity contribution in [3.05, 3.63) is 91.7 Å². The van der Waals surface area contributed by atoms with Gasteiger partial charge in [-0.25, -0.2) is 4.79 Å². The number of nitrogens with one attached hydrogen (secondary N) is 1. The van der Waals surface area contributed by atoms with Gasteiger partial charge < -0.3 is 15.2 Å². The van der Waals surface area contributed by atoms with E-state index in [9.17, 15) is 22.8 Å². The highest BCUT2D eigenvalue weighted by atomic mass is 32.1. The fourth-order valence-electron chi connectivity index (χ4n) is 3.94. The van der Waals surface area contributed by atoms with Gasteiger partial charge in [-0.05, 0) is 54.3 Å². The molecule has 1 aromatic heterocycles. The Labute approximate surface area is 198 Å². The second-order valence-electron chi connectivity index (χ2n) is 8.10. The van der Waals surface area contributed by atoms with Gasteiger partial charge in [0.05, 0.1) is 35.9 Å². The van der Waals surface area contributed by atoms with Gasteiger partial charge in [0, 0.05) is 16.2 Å². The van der Waals surface area contributed by atoms with E-state index in [0.29, 0.717) is 37.2 Å². The first-order chi connectivity index (χ1) is 16.1. The van der Waals surface area contributed by atoms with E-state index in [1.807, 2.05) is 6.92 Å². The molecule has 0 spiro atoms. The van der Waals surface area contributed by atoms with E-state index in [4.69, 9.17) is 9.84 Å². The molecule has 0 aliphatic carbocycles. The second-order valence-corrected chi connectivity index (χ2v) is 9.29. The summed E-state index contributed by atoms with van der Waals surface area (Å²) in [7, 11) is 0. The first kappa shape index (κ1) is 24.0. The molecule has 2 aromatic carbocycles. The van der Waals surface area contributed by atoms with Crippen LogP contribution in [0.1, 0.15) is 65.7 Å². The van der Waals surface area contributed by atoms with Gasteiger partial charge in [0.15, 0.2) is 0 Å². The number of alkyl halides is 3. The quantitative estimate of drug-likeness (QED) is 0.471. The summed E-state index contributed by atoms with van der Waals surface area (Å²) in [5, 5.41) is 12.1. The Balaban J connectivity index is 1.58. The van der Waals surface area contributed by atoms with Crippen LogP contribution in [-0.4, -0.2) is 23.6 Å². The Morgan fingerprint density at radius 2 is 1.79 bits per heavy atom. The molecule has 0 radical (unpaired) electrons. The van der Waals surface area contributed by atoms with Crippen molar-refractivity contribution < 1.29 is 32.6 Å². The number of thiophene rings is 1. The molecular formula is C25H22F3NO4S. The smallest absolute Gasteiger partial charge is 0.416 e. The van der Waals surface area contributed by atoms with Crippen LogP contribution in [-0.2, 0) is 30.4 Å². The molecule has 0 saturated heterocycles. The third-order valence-corrected chi connectivity index (χ3v) is 6.98. The molecule has 2 heterocycles. The third kappa shape index (κ3) is 5.15. The van der Waals surface area contributed by atoms with Gasteiger partial charge in [-0.15, -0.1) is 11.3 Å². The highest BCUT2D eigenvalue weighted by Gasteiger charge is 2.30. The monoisotopic (exact) mass is 489 g/mol. The summed E-state index contributed by atoms with van der Waals surface area (Å²) in [5.41, 5.74) is 2.36. The molecule has 1 aliphatic heterocycles. The number of hydrogen-bond donors (Lipinski definition) is 2. The summed E-state index contributed by atoms with van der Waals surface area (Å²) >= 11 is 1.45. The van der Waals surface area contributed by atoms with E-state index in [2.05, 4.69) is 5.32 Å². The van der Waals surface area contributed by atoms with E-state index in [0.717, 1.165) is 33.0 Å². The zero-order valence-corrected chi connectivity index (χ0v) is 19.1. The third-order valence-electron chi connectivity index (χ3n) is 5.77. The van der Waals surface area contributed by atoms with Crippen molar-refractivity contribution in [3.63, 3.8) is 0 Å². The van der Waals surface area contributed by atoms with E-state index >= 15 is 0 Å². The molecule has 9 heteroatoms. The maximum atomic E-state index is 13.3. The average molecular weight is 490 g/mol. The number of carboxylic acid groups (broad SMARTS) is 1. The number of rotatable bonds is 6. The minimum Gasteiger partial charge on any atom is -0.478 e. The van der Waals surface area contributed by atoms with Gasteiger partial charge in [0.1, 0.15) is 0 Å². The molecule has 178 valence electrons. The lowest BCUT2D eigenvalue weighted by atomic mass is 9.99. The van der Waals surface area contributed by atoms with Crippen LogP contribution in [0.3, 0.4) is 0 Å². The molecule has 0 fully saturated rings. The first-order valence-corrected chi connectivity index (χ1v) is 11.5. The highest BCUT2D eigenvalue weighted by Crippen LogP contribution is 2.35. The Kier molecular flexibility index (Phi) is 6.77. The van der Waals surface area contributed by atoms with Gasteiger partial charge >= 0.3 is 12.1 Å². The van der Waals surface area contributed by atoms with Crippen molar-refractivity contribution in [2.45, 2.75) is 38.6 Å². The summed E-state index contributed by atoms with van der Waals surface area (Å²) in [6.07, 6.45) is -3.48. The highest BCUT2D eigenvalue weighted by molar-refractivity contribution is 7.12. The topological polar surface area (TPSA) is 75.6 Å². The van der Waals surface area contributed by atoms with E-state index in [1.54, 1.807) is 12.1 Å². The van der Waals surface area contributed by atoms with Crippen LogP contribution < -0.4 is 5.32 Å². The number of ether oxygens (including phenoxy) is 1. The normalized spacial score (nSPS) is 14.4. The van der Waals surface area contributed by atoms with E-state index < -0.39 is 17.7 Å². The lowest BCUT2D eigenvalue weighted by molar-refractivity contribution is -0.137. The SMILES string of the molecule is C[C@@H](NC(=O)c1c(Cc2ccc(C(F)(F)F)cc2)sc2c1CCOC2)c1ccc(C(=O)O)cc1. The average Bonchev–Trinajstić information content (AvgIpc) is 3.16.